The van der Waals surface area contributed by atoms with E-state index in [2.05, 4.69) is 41.0 Å². The molecule has 0 bridgehead atoms. The maximum Gasteiger partial charge on any atom is 0.138 e. The van der Waals surface area contributed by atoms with Crippen molar-refractivity contribution in [2.24, 2.45) is 0 Å². The first-order valence-corrected chi connectivity index (χ1v) is 8.73. The molecule has 0 aliphatic carbocycles. The van der Waals surface area contributed by atoms with Gasteiger partial charge in [0.05, 0.1) is 5.69 Å². The molecule has 1 heterocycles. The molecule has 4 heteroatoms. The summed E-state index contributed by atoms with van der Waals surface area (Å²) in [5.41, 5.74) is 10.1. The third-order valence-corrected chi connectivity index (χ3v) is 4.77. The molecule has 0 spiro atoms. The minimum Gasteiger partial charge on any atom is -0.506 e. The van der Waals surface area contributed by atoms with Gasteiger partial charge >= 0.3 is 0 Å². The fraction of sp³-hybridized carbons (Fsp3) is 0.400. The number of phenols is 1. The summed E-state index contributed by atoms with van der Waals surface area (Å²) in [5, 5.41) is 9.47. The first-order chi connectivity index (χ1) is 11.6. The number of hydrogen-bond acceptors (Lipinski definition) is 4. The molecule has 3 rings (SSSR count). The molecule has 0 atom stereocenters. The number of benzene rings is 2. The third kappa shape index (κ3) is 4.20. The van der Waals surface area contributed by atoms with E-state index in [1.54, 1.807) is 6.07 Å². The highest BCUT2D eigenvalue weighted by atomic mass is 16.3. The molecule has 1 fully saturated rings. The third-order valence-electron chi connectivity index (χ3n) is 4.77. The Balaban J connectivity index is 1.43. The summed E-state index contributed by atoms with van der Waals surface area (Å²) in [6.45, 7) is 7.68. The van der Waals surface area contributed by atoms with Gasteiger partial charge in [-0.3, -0.25) is 4.90 Å². The Hall–Kier alpha value is -2.20. The normalized spacial score (nSPS) is 15.6. The second-order valence-corrected chi connectivity index (χ2v) is 6.66. The SMILES string of the molecule is Cc1cccc(N2CCN(CCCc3ccc(O)c(N)c3)CC2)c1. The molecule has 1 aliphatic rings. The number of nitrogens with zero attached hydrogens (tertiary/aromatic N) is 2. The molecule has 0 unspecified atom stereocenters. The quantitative estimate of drug-likeness (QED) is 0.655. The highest BCUT2D eigenvalue weighted by molar-refractivity contribution is 5.53. The highest BCUT2D eigenvalue weighted by Crippen LogP contribution is 2.21. The van der Waals surface area contributed by atoms with Crippen LogP contribution in [0, 0.1) is 6.92 Å². The number of aryl methyl sites for hydroxylation is 2. The number of anilines is 2. The topological polar surface area (TPSA) is 52.7 Å². The minimum atomic E-state index is 0.172. The number of rotatable bonds is 5. The van der Waals surface area contributed by atoms with Gasteiger partial charge in [0.1, 0.15) is 5.75 Å². The van der Waals surface area contributed by atoms with Gasteiger partial charge in [-0.2, -0.15) is 0 Å². The predicted octanol–water partition coefficient (Wildman–Crippen LogP) is 3.04. The summed E-state index contributed by atoms with van der Waals surface area (Å²) in [4.78, 5) is 5.01. The predicted molar refractivity (Wildman–Crippen MR) is 101 cm³/mol. The van der Waals surface area contributed by atoms with Crippen LogP contribution in [0.4, 0.5) is 11.4 Å². The van der Waals surface area contributed by atoms with E-state index in [0.717, 1.165) is 45.6 Å². The average Bonchev–Trinajstić information content (AvgIpc) is 2.59. The zero-order chi connectivity index (χ0) is 16.9. The molecule has 1 saturated heterocycles. The van der Waals surface area contributed by atoms with Gasteiger partial charge in [-0.25, -0.2) is 0 Å². The molecule has 0 amide bonds. The van der Waals surface area contributed by atoms with Gasteiger partial charge in [-0.05, 0) is 61.7 Å². The summed E-state index contributed by atoms with van der Waals surface area (Å²) in [6, 6.07) is 14.3. The minimum absolute atomic E-state index is 0.172. The first kappa shape index (κ1) is 16.7. The largest absolute Gasteiger partial charge is 0.506 e. The zero-order valence-corrected chi connectivity index (χ0v) is 14.4. The molecule has 0 radical (unpaired) electrons. The fourth-order valence-corrected chi connectivity index (χ4v) is 3.32. The maximum atomic E-state index is 9.47. The van der Waals surface area contributed by atoms with E-state index in [-0.39, 0.29) is 5.75 Å². The lowest BCUT2D eigenvalue weighted by molar-refractivity contribution is 0.255. The second kappa shape index (κ2) is 7.58. The summed E-state index contributed by atoms with van der Waals surface area (Å²) in [5.74, 6) is 0.172. The van der Waals surface area contributed by atoms with Crippen molar-refractivity contribution in [1.82, 2.24) is 4.90 Å². The Labute approximate surface area is 144 Å². The van der Waals surface area contributed by atoms with Gasteiger partial charge in [0.15, 0.2) is 0 Å². The molecule has 2 aromatic rings. The molecule has 4 nitrogen and oxygen atoms in total. The maximum absolute atomic E-state index is 9.47. The van der Waals surface area contributed by atoms with Crippen molar-refractivity contribution >= 4 is 11.4 Å². The Bertz CT molecular complexity index is 678. The second-order valence-electron chi connectivity index (χ2n) is 6.66. The molecular formula is C20H27N3O. The summed E-state index contributed by atoms with van der Waals surface area (Å²) in [7, 11) is 0. The lowest BCUT2D eigenvalue weighted by Crippen LogP contribution is -2.46. The van der Waals surface area contributed by atoms with Crippen molar-refractivity contribution in [2.75, 3.05) is 43.4 Å². The van der Waals surface area contributed by atoms with E-state index in [9.17, 15) is 5.11 Å². The molecule has 0 saturated carbocycles. The summed E-state index contributed by atoms with van der Waals surface area (Å²) >= 11 is 0. The lowest BCUT2D eigenvalue weighted by Gasteiger charge is -2.36. The van der Waals surface area contributed by atoms with E-state index in [1.165, 1.54) is 16.8 Å². The Morgan fingerprint density at radius 2 is 1.83 bits per heavy atom. The van der Waals surface area contributed by atoms with E-state index in [0.29, 0.717) is 5.69 Å². The van der Waals surface area contributed by atoms with E-state index in [4.69, 9.17) is 5.73 Å². The molecule has 2 aromatic carbocycles. The van der Waals surface area contributed by atoms with Crippen molar-refractivity contribution in [3.63, 3.8) is 0 Å². The average molecular weight is 325 g/mol. The van der Waals surface area contributed by atoms with Crippen LogP contribution in [0.2, 0.25) is 0 Å². The smallest absolute Gasteiger partial charge is 0.138 e. The number of phenolic OH excluding ortho intramolecular Hbond substituents is 1. The lowest BCUT2D eigenvalue weighted by atomic mass is 10.1. The van der Waals surface area contributed by atoms with Crippen molar-refractivity contribution in [3.05, 3.63) is 53.6 Å². The number of piperazine rings is 1. The van der Waals surface area contributed by atoms with Crippen molar-refractivity contribution < 1.29 is 5.11 Å². The van der Waals surface area contributed by atoms with Crippen molar-refractivity contribution in [1.29, 1.82) is 0 Å². The van der Waals surface area contributed by atoms with Crippen molar-refractivity contribution in [2.45, 2.75) is 19.8 Å². The van der Waals surface area contributed by atoms with Crippen LogP contribution in [-0.2, 0) is 6.42 Å². The molecular weight excluding hydrogens is 298 g/mol. The summed E-state index contributed by atoms with van der Waals surface area (Å²) in [6.07, 6.45) is 2.12. The molecule has 1 aliphatic heterocycles. The van der Waals surface area contributed by atoms with E-state index < -0.39 is 0 Å². The van der Waals surface area contributed by atoms with Crippen LogP contribution in [0.15, 0.2) is 42.5 Å². The molecule has 0 aromatic heterocycles. The van der Waals surface area contributed by atoms with Crippen LogP contribution in [-0.4, -0.2) is 42.7 Å². The van der Waals surface area contributed by atoms with Gasteiger partial charge < -0.3 is 15.7 Å². The zero-order valence-electron chi connectivity index (χ0n) is 14.4. The monoisotopic (exact) mass is 325 g/mol. The Morgan fingerprint density at radius 1 is 1.04 bits per heavy atom. The van der Waals surface area contributed by atoms with Crippen molar-refractivity contribution in [3.8, 4) is 5.75 Å². The molecule has 24 heavy (non-hydrogen) atoms. The van der Waals surface area contributed by atoms with Crippen LogP contribution < -0.4 is 10.6 Å². The fourth-order valence-electron chi connectivity index (χ4n) is 3.32. The van der Waals surface area contributed by atoms with Crippen LogP contribution in [0.5, 0.6) is 5.75 Å². The standard InChI is InChI=1S/C20H27N3O/c1-16-4-2-6-18(14-16)23-12-10-22(11-13-23)9-3-5-17-7-8-20(24)19(21)15-17/h2,4,6-8,14-15,24H,3,5,9-13,21H2,1H3. The van der Waals surface area contributed by atoms with Gasteiger partial charge in [-0.1, -0.05) is 18.2 Å². The Kier molecular flexibility index (Phi) is 5.26. The number of hydrogen-bond donors (Lipinski definition) is 2. The first-order valence-electron chi connectivity index (χ1n) is 8.73. The number of aromatic hydroxyl groups is 1. The number of nitrogens with two attached hydrogens (primary N) is 1. The Morgan fingerprint density at radius 3 is 2.54 bits per heavy atom. The van der Waals surface area contributed by atoms with Crippen LogP contribution >= 0.6 is 0 Å². The van der Waals surface area contributed by atoms with Crippen LogP contribution in [0.3, 0.4) is 0 Å². The van der Waals surface area contributed by atoms with E-state index >= 15 is 0 Å². The number of nitrogen functional groups attached to an aromatic ring is 1. The van der Waals surface area contributed by atoms with Crippen LogP contribution in [0.1, 0.15) is 17.5 Å². The molecule has 128 valence electrons. The van der Waals surface area contributed by atoms with E-state index in [1.807, 2.05) is 12.1 Å². The van der Waals surface area contributed by atoms with Gasteiger partial charge in [-0.15, -0.1) is 0 Å². The van der Waals surface area contributed by atoms with Gasteiger partial charge in [0.2, 0.25) is 0 Å². The van der Waals surface area contributed by atoms with Gasteiger partial charge in [0, 0.05) is 31.9 Å². The molecule has 3 N–H and O–H groups in total. The summed E-state index contributed by atoms with van der Waals surface area (Å²) < 4.78 is 0. The van der Waals surface area contributed by atoms with Crippen LogP contribution in [0.25, 0.3) is 0 Å². The highest BCUT2D eigenvalue weighted by Gasteiger charge is 2.16. The van der Waals surface area contributed by atoms with Gasteiger partial charge in [0.25, 0.3) is 0 Å².